The van der Waals surface area contributed by atoms with Crippen LogP contribution in [-0.4, -0.2) is 83.5 Å². The number of benzene rings is 1. The van der Waals surface area contributed by atoms with E-state index >= 15 is 0 Å². The standard InChI is InChI=1S/C24H34ClN5O2/c1-16-2-7-21(26)22(16)23(27)29-10-12-30(13-11-29)24(32)20(15-28-9-8-19(31)14-28)17-3-5-18(25)6-4-17/h3-6,16,19-20,27,31H,2,7-15,26H2,1H3/t16-,19-,20+/m1/s1. The van der Waals surface area contributed by atoms with Crippen molar-refractivity contribution in [3.63, 3.8) is 0 Å². The molecule has 2 saturated heterocycles. The molecule has 8 heteroatoms. The van der Waals surface area contributed by atoms with Crippen LogP contribution in [0, 0.1) is 11.3 Å². The van der Waals surface area contributed by atoms with Crippen LogP contribution in [0.5, 0.6) is 0 Å². The van der Waals surface area contributed by atoms with Crippen molar-refractivity contribution in [2.24, 2.45) is 11.7 Å². The van der Waals surface area contributed by atoms with Crippen LogP contribution in [0.1, 0.15) is 37.7 Å². The Balaban J connectivity index is 1.43. The predicted octanol–water partition coefficient (Wildman–Crippen LogP) is 2.25. The van der Waals surface area contributed by atoms with Gasteiger partial charge in [-0.05, 0) is 42.9 Å². The zero-order valence-corrected chi connectivity index (χ0v) is 19.5. The van der Waals surface area contributed by atoms with Crippen LogP contribution < -0.4 is 5.73 Å². The number of β-amino-alcohol motifs (C(OH)–C–C–N with tert-alkyl or cyclic N) is 1. The van der Waals surface area contributed by atoms with Gasteiger partial charge in [0, 0.05) is 62.1 Å². The Bertz CT molecular complexity index is 879. The number of amides is 1. The largest absolute Gasteiger partial charge is 0.402 e. The number of nitrogens with two attached hydrogens (primary N) is 1. The lowest BCUT2D eigenvalue weighted by Gasteiger charge is -2.39. The van der Waals surface area contributed by atoms with Crippen LogP contribution in [0.4, 0.5) is 0 Å². The summed E-state index contributed by atoms with van der Waals surface area (Å²) in [6, 6.07) is 7.52. The minimum absolute atomic E-state index is 0.104. The van der Waals surface area contributed by atoms with E-state index in [9.17, 15) is 9.90 Å². The van der Waals surface area contributed by atoms with E-state index in [1.807, 2.05) is 29.2 Å². The molecule has 0 saturated carbocycles. The van der Waals surface area contributed by atoms with Crippen molar-refractivity contribution in [1.82, 2.24) is 14.7 Å². The normalized spacial score (nSPS) is 25.5. The molecule has 0 aromatic heterocycles. The van der Waals surface area contributed by atoms with Crippen LogP contribution >= 0.6 is 11.6 Å². The van der Waals surface area contributed by atoms with Crippen molar-refractivity contribution >= 4 is 23.3 Å². The van der Waals surface area contributed by atoms with Crippen molar-refractivity contribution < 1.29 is 9.90 Å². The molecular formula is C24H34ClN5O2. The van der Waals surface area contributed by atoms with Crippen LogP contribution in [-0.2, 0) is 4.79 Å². The number of rotatable bonds is 5. The van der Waals surface area contributed by atoms with E-state index in [0.717, 1.165) is 42.6 Å². The molecule has 1 aliphatic carbocycles. The SMILES string of the molecule is C[C@@H]1CCC(N)=C1C(=N)N1CCN(C(=O)[C@@H](CN2CC[C@@H](O)C2)c2ccc(Cl)cc2)CC1. The summed E-state index contributed by atoms with van der Waals surface area (Å²) in [5, 5.41) is 19.2. The number of aliphatic hydroxyl groups is 1. The summed E-state index contributed by atoms with van der Waals surface area (Å²) in [5.74, 6) is 0.664. The molecule has 0 unspecified atom stereocenters. The van der Waals surface area contributed by atoms with Gasteiger partial charge < -0.3 is 20.6 Å². The number of hydrogen-bond donors (Lipinski definition) is 3. The Hall–Kier alpha value is -2.09. The number of halogens is 1. The number of piperazine rings is 1. The zero-order valence-electron chi connectivity index (χ0n) is 18.8. The third kappa shape index (κ3) is 4.95. The molecule has 0 radical (unpaired) electrons. The minimum Gasteiger partial charge on any atom is -0.402 e. The molecule has 2 heterocycles. The third-order valence-electron chi connectivity index (χ3n) is 7.11. The van der Waals surface area contributed by atoms with E-state index in [4.69, 9.17) is 22.7 Å². The number of carbonyl (C=O) groups is 1. The topological polar surface area (TPSA) is 96.9 Å². The monoisotopic (exact) mass is 459 g/mol. The highest BCUT2D eigenvalue weighted by molar-refractivity contribution is 6.30. The Morgan fingerprint density at radius 1 is 1.16 bits per heavy atom. The smallest absolute Gasteiger partial charge is 0.231 e. The maximum atomic E-state index is 13.6. The van der Waals surface area contributed by atoms with E-state index in [1.54, 1.807) is 0 Å². The van der Waals surface area contributed by atoms with Crippen molar-refractivity contribution in [1.29, 1.82) is 5.41 Å². The van der Waals surface area contributed by atoms with E-state index in [-0.39, 0.29) is 17.9 Å². The van der Waals surface area contributed by atoms with Crippen LogP contribution in [0.2, 0.25) is 5.02 Å². The average molecular weight is 460 g/mol. The van der Waals surface area contributed by atoms with Gasteiger partial charge in [-0.1, -0.05) is 30.7 Å². The lowest BCUT2D eigenvalue weighted by atomic mass is 9.96. The maximum Gasteiger partial charge on any atom is 0.231 e. The molecule has 0 spiro atoms. The molecular weight excluding hydrogens is 426 g/mol. The number of amidine groups is 1. The second-order valence-electron chi connectivity index (χ2n) is 9.35. The number of hydrogen-bond acceptors (Lipinski definition) is 5. The highest BCUT2D eigenvalue weighted by Crippen LogP contribution is 2.31. The van der Waals surface area contributed by atoms with Crippen molar-refractivity contribution in [3.05, 3.63) is 46.1 Å². The number of likely N-dealkylation sites (tertiary alicyclic amines) is 1. The van der Waals surface area contributed by atoms with Crippen LogP contribution in [0.3, 0.4) is 0 Å². The molecule has 2 aliphatic heterocycles. The average Bonchev–Trinajstić information content (AvgIpc) is 3.36. The molecule has 4 rings (SSSR count). The van der Waals surface area contributed by atoms with E-state index in [1.165, 1.54) is 0 Å². The maximum absolute atomic E-state index is 13.6. The van der Waals surface area contributed by atoms with Crippen LogP contribution in [0.25, 0.3) is 0 Å². The van der Waals surface area contributed by atoms with Gasteiger partial charge in [-0.3, -0.25) is 15.1 Å². The molecule has 174 valence electrons. The van der Waals surface area contributed by atoms with Gasteiger partial charge in [0.1, 0.15) is 5.84 Å². The Morgan fingerprint density at radius 3 is 2.38 bits per heavy atom. The second kappa shape index (κ2) is 9.81. The first-order valence-electron chi connectivity index (χ1n) is 11.6. The highest BCUT2D eigenvalue weighted by atomic mass is 35.5. The summed E-state index contributed by atoms with van der Waals surface area (Å²) >= 11 is 6.08. The van der Waals surface area contributed by atoms with Gasteiger partial charge in [0.05, 0.1) is 12.0 Å². The van der Waals surface area contributed by atoms with Crippen LogP contribution in [0.15, 0.2) is 35.5 Å². The fourth-order valence-corrected chi connectivity index (χ4v) is 5.28. The van der Waals surface area contributed by atoms with E-state index < -0.39 is 0 Å². The molecule has 3 atom stereocenters. The van der Waals surface area contributed by atoms with Gasteiger partial charge in [0.15, 0.2) is 0 Å². The van der Waals surface area contributed by atoms with Gasteiger partial charge >= 0.3 is 0 Å². The fourth-order valence-electron chi connectivity index (χ4n) is 5.15. The van der Waals surface area contributed by atoms with Gasteiger partial charge in [-0.2, -0.15) is 0 Å². The molecule has 4 N–H and O–H groups in total. The summed E-state index contributed by atoms with van der Waals surface area (Å²) in [6.07, 6.45) is 2.31. The zero-order chi connectivity index (χ0) is 22.8. The summed E-state index contributed by atoms with van der Waals surface area (Å²) < 4.78 is 0. The van der Waals surface area contributed by atoms with Crippen molar-refractivity contribution in [2.75, 3.05) is 45.8 Å². The summed E-state index contributed by atoms with van der Waals surface area (Å²) in [7, 11) is 0. The van der Waals surface area contributed by atoms with Gasteiger partial charge in [-0.15, -0.1) is 0 Å². The summed E-state index contributed by atoms with van der Waals surface area (Å²) in [6.45, 7) is 6.61. The Kier molecular flexibility index (Phi) is 7.08. The summed E-state index contributed by atoms with van der Waals surface area (Å²) in [5.41, 5.74) is 8.95. The first-order chi connectivity index (χ1) is 15.3. The Labute approximate surface area is 195 Å². The fraction of sp³-hybridized carbons (Fsp3) is 0.583. The second-order valence-corrected chi connectivity index (χ2v) is 9.78. The highest BCUT2D eigenvalue weighted by Gasteiger charge is 2.34. The predicted molar refractivity (Wildman–Crippen MR) is 127 cm³/mol. The lowest BCUT2D eigenvalue weighted by molar-refractivity contribution is -0.134. The minimum atomic E-state index is -0.315. The number of nitrogens with one attached hydrogen (secondary N) is 1. The number of nitrogens with zero attached hydrogens (tertiary/aromatic N) is 3. The number of carbonyl (C=O) groups excluding carboxylic acids is 1. The van der Waals surface area contributed by atoms with Crippen molar-refractivity contribution in [3.8, 4) is 0 Å². The van der Waals surface area contributed by atoms with Gasteiger partial charge in [0.2, 0.25) is 5.91 Å². The lowest BCUT2D eigenvalue weighted by Crippen LogP contribution is -2.52. The molecule has 2 fully saturated rings. The van der Waals surface area contributed by atoms with E-state index in [2.05, 4.69) is 16.7 Å². The molecule has 3 aliphatic rings. The first kappa shape index (κ1) is 23.1. The molecule has 0 bridgehead atoms. The number of allylic oxidation sites excluding steroid dienone is 1. The molecule has 32 heavy (non-hydrogen) atoms. The molecule has 1 amide bonds. The molecule has 1 aromatic rings. The van der Waals surface area contributed by atoms with Gasteiger partial charge in [0.25, 0.3) is 0 Å². The van der Waals surface area contributed by atoms with E-state index in [0.29, 0.717) is 56.0 Å². The first-order valence-corrected chi connectivity index (χ1v) is 12.0. The van der Waals surface area contributed by atoms with Gasteiger partial charge in [-0.25, -0.2) is 0 Å². The molecule has 1 aromatic carbocycles. The summed E-state index contributed by atoms with van der Waals surface area (Å²) in [4.78, 5) is 19.7. The molecule has 7 nitrogen and oxygen atoms in total. The number of aliphatic hydroxyl groups excluding tert-OH is 1. The van der Waals surface area contributed by atoms with Crippen molar-refractivity contribution in [2.45, 2.75) is 38.2 Å². The Morgan fingerprint density at radius 2 is 1.81 bits per heavy atom. The third-order valence-corrected chi connectivity index (χ3v) is 7.36. The quantitative estimate of drug-likeness (QED) is 0.463.